The fourth-order valence-corrected chi connectivity index (χ4v) is 4.17. The first kappa shape index (κ1) is 19.0. The van der Waals surface area contributed by atoms with E-state index in [9.17, 15) is 14.7 Å². The van der Waals surface area contributed by atoms with Crippen LogP contribution in [0.25, 0.3) is 0 Å². The molecule has 0 unspecified atom stereocenters. The summed E-state index contributed by atoms with van der Waals surface area (Å²) in [6, 6.07) is 5.74. The topological polar surface area (TPSA) is 91.3 Å². The maximum Gasteiger partial charge on any atom is 0.240 e. The largest absolute Gasteiger partial charge is 0.454 e. The van der Waals surface area contributed by atoms with E-state index in [0.717, 1.165) is 11.3 Å². The molecule has 0 aromatic heterocycles. The zero-order chi connectivity index (χ0) is 19.9. The molecule has 2 N–H and O–H groups in total. The van der Waals surface area contributed by atoms with E-state index in [1.807, 2.05) is 36.9 Å². The van der Waals surface area contributed by atoms with Crippen LogP contribution in [0.3, 0.4) is 0 Å². The number of piperazine rings is 1. The summed E-state index contributed by atoms with van der Waals surface area (Å²) in [5.74, 6) is 1.27. The van der Waals surface area contributed by atoms with Gasteiger partial charge in [0.15, 0.2) is 11.5 Å². The van der Waals surface area contributed by atoms with Gasteiger partial charge in [-0.05, 0) is 38.0 Å². The van der Waals surface area contributed by atoms with Gasteiger partial charge in [-0.1, -0.05) is 6.07 Å². The Labute approximate surface area is 164 Å². The molecule has 152 valence electrons. The standard InChI is InChI=1S/C20H27N3O5/c1-20(2)19(26)21-6-8-23(20)11-18(25)22-7-5-14(15(24)10-22)13-3-4-16-17(9-13)28-12-27-16/h3-4,9,14-15,24H,5-8,10-12H2,1-2H3,(H,21,26)/t14-,15+/m0/s1. The summed E-state index contributed by atoms with van der Waals surface area (Å²) in [7, 11) is 0. The number of aliphatic hydroxyl groups is 1. The molecule has 8 nitrogen and oxygen atoms in total. The number of hydrogen-bond acceptors (Lipinski definition) is 6. The molecule has 0 radical (unpaired) electrons. The van der Waals surface area contributed by atoms with Crippen molar-refractivity contribution in [1.29, 1.82) is 0 Å². The maximum absolute atomic E-state index is 12.8. The highest BCUT2D eigenvalue weighted by Gasteiger charge is 2.40. The number of nitrogens with zero attached hydrogens (tertiary/aromatic N) is 2. The van der Waals surface area contributed by atoms with Gasteiger partial charge in [0.25, 0.3) is 0 Å². The number of benzene rings is 1. The van der Waals surface area contributed by atoms with Crippen LogP contribution >= 0.6 is 0 Å². The fraction of sp³-hybridized carbons (Fsp3) is 0.600. The van der Waals surface area contributed by atoms with E-state index < -0.39 is 11.6 Å². The number of hydrogen-bond donors (Lipinski definition) is 2. The molecular weight excluding hydrogens is 362 g/mol. The van der Waals surface area contributed by atoms with Gasteiger partial charge in [0, 0.05) is 32.1 Å². The van der Waals surface area contributed by atoms with Crippen LogP contribution in [-0.2, 0) is 9.59 Å². The van der Waals surface area contributed by atoms with E-state index in [4.69, 9.17) is 9.47 Å². The third-order valence-corrected chi connectivity index (χ3v) is 6.10. The monoisotopic (exact) mass is 389 g/mol. The number of β-amino-alcohol motifs (C(OH)–C–C–N with tert-alkyl or cyclic N) is 1. The van der Waals surface area contributed by atoms with Crippen LogP contribution in [0.4, 0.5) is 0 Å². The van der Waals surface area contributed by atoms with Crippen molar-refractivity contribution in [3.05, 3.63) is 23.8 Å². The number of nitrogens with one attached hydrogen (secondary N) is 1. The van der Waals surface area contributed by atoms with Gasteiger partial charge in [-0.3, -0.25) is 14.5 Å². The quantitative estimate of drug-likeness (QED) is 0.773. The summed E-state index contributed by atoms with van der Waals surface area (Å²) in [4.78, 5) is 28.5. The Hall–Kier alpha value is -2.32. The lowest BCUT2D eigenvalue weighted by molar-refractivity contribution is -0.142. The van der Waals surface area contributed by atoms with Gasteiger partial charge in [0.2, 0.25) is 18.6 Å². The Morgan fingerprint density at radius 2 is 2.07 bits per heavy atom. The molecule has 2 fully saturated rings. The predicted octanol–water partition coefficient (Wildman–Crippen LogP) is 0.303. The maximum atomic E-state index is 12.8. The second-order valence-corrected chi connectivity index (χ2v) is 8.15. The smallest absolute Gasteiger partial charge is 0.240 e. The molecule has 0 aliphatic carbocycles. The summed E-state index contributed by atoms with van der Waals surface area (Å²) in [5.41, 5.74) is 0.287. The summed E-state index contributed by atoms with van der Waals surface area (Å²) in [6.07, 6.45) is 0.0342. The minimum Gasteiger partial charge on any atom is -0.454 e. The van der Waals surface area contributed by atoms with Crippen LogP contribution in [0, 0.1) is 0 Å². The summed E-state index contributed by atoms with van der Waals surface area (Å²) in [6.45, 7) is 6.12. The van der Waals surface area contributed by atoms with Gasteiger partial charge in [-0.2, -0.15) is 0 Å². The van der Waals surface area contributed by atoms with Gasteiger partial charge >= 0.3 is 0 Å². The molecule has 1 aromatic rings. The average molecular weight is 389 g/mol. The van der Waals surface area contributed by atoms with Gasteiger partial charge in [-0.25, -0.2) is 0 Å². The summed E-state index contributed by atoms with van der Waals surface area (Å²) in [5, 5.41) is 13.5. The molecule has 4 rings (SSSR count). The van der Waals surface area contributed by atoms with Crippen LogP contribution in [0.2, 0.25) is 0 Å². The Morgan fingerprint density at radius 1 is 1.29 bits per heavy atom. The van der Waals surface area contributed by atoms with Crippen molar-refractivity contribution in [1.82, 2.24) is 15.1 Å². The number of likely N-dealkylation sites (tertiary alicyclic amines) is 1. The molecule has 3 aliphatic rings. The molecule has 0 bridgehead atoms. The molecule has 2 amide bonds. The fourth-order valence-electron chi connectivity index (χ4n) is 4.17. The van der Waals surface area contributed by atoms with E-state index in [0.29, 0.717) is 38.3 Å². The SMILES string of the molecule is CC1(C)C(=O)NCCN1CC(=O)N1CC[C@@H](c2ccc3c(c2)OCO3)[C@H](O)C1. The van der Waals surface area contributed by atoms with E-state index >= 15 is 0 Å². The molecule has 8 heteroatoms. The van der Waals surface area contributed by atoms with Crippen LogP contribution in [0.1, 0.15) is 31.7 Å². The molecule has 28 heavy (non-hydrogen) atoms. The number of carbonyl (C=O) groups is 2. The second kappa shape index (κ2) is 7.25. The Bertz CT molecular complexity index is 781. The molecule has 3 heterocycles. The normalized spacial score (nSPS) is 26.8. The van der Waals surface area contributed by atoms with Crippen molar-refractivity contribution < 1.29 is 24.2 Å². The summed E-state index contributed by atoms with van der Waals surface area (Å²) < 4.78 is 10.8. The van der Waals surface area contributed by atoms with E-state index in [1.54, 1.807) is 4.90 Å². The zero-order valence-corrected chi connectivity index (χ0v) is 16.3. The minimum atomic E-state index is -0.711. The first-order valence-corrected chi connectivity index (χ1v) is 9.75. The van der Waals surface area contributed by atoms with E-state index in [1.165, 1.54) is 0 Å². The minimum absolute atomic E-state index is 0.0456. The second-order valence-electron chi connectivity index (χ2n) is 8.15. The molecule has 0 saturated carbocycles. The number of amides is 2. The van der Waals surface area contributed by atoms with Gasteiger partial charge in [0.1, 0.15) is 0 Å². The molecule has 1 aromatic carbocycles. The molecule has 3 aliphatic heterocycles. The van der Waals surface area contributed by atoms with Crippen molar-refractivity contribution in [3.8, 4) is 11.5 Å². The third kappa shape index (κ3) is 3.42. The lowest BCUT2D eigenvalue weighted by Crippen LogP contribution is -2.63. The van der Waals surface area contributed by atoms with Crippen molar-refractivity contribution >= 4 is 11.8 Å². The third-order valence-electron chi connectivity index (χ3n) is 6.10. The molecule has 2 saturated heterocycles. The Kier molecular flexibility index (Phi) is 4.93. The van der Waals surface area contributed by atoms with Gasteiger partial charge in [-0.15, -0.1) is 0 Å². The zero-order valence-electron chi connectivity index (χ0n) is 16.3. The highest BCUT2D eigenvalue weighted by molar-refractivity contribution is 5.87. The first-order valence-electron chi connectivity index (χ1n) is 9.75. The van der Waals surface area contributed by atoms with E-state index in [-0.39, 0.29) is 31.1 Å². The first-order chi connectivity index (χ1) is 13.4. The van der Waals surface area contributed by atoms with Gasteiger partial charge < -0.3 is 24.8 Å². The summed E-state index contributed by atoms with van der Waals surface area (Å²) >= 11 is 0. The molecular formula is C20H27N3O5. The number of aliphatic hydroxyl groups excluding tert-OH is 1. The lowest BCUT2D eigenvalue weighted by Gasteiger charge is -2.42. The Balaban J connectivity index is 1.38. The van der Waals surface area contributed by atoms with Crippen molar-refractivity contribution in [3.63, 3.8) is 0 Å². The lowest BCUT2D eigenvalue weighted by atomic mass is 9.87. The molecule has 0 spiro atoms. The van der Waals surface area contributed by atoms with Crippen molar-refractivity contribution in [2.45, 2.75) is 37.8 Å². The number of rotatable bonds is 3. The average Bonchev–Trinajstić information content (AvgIpc) is 3.13. The number of ether oxygens (including phenoxy) is 2. The highest BCUT2D eigenvalue weighted by atomic mass is 16.7. The Morgan fingerprint density at radius 3 is 2.86 bits per heavy atom. The number of piperidine rings is 1. The van der Waals surface area contributed by atoms with Crippen LogP contribution < -0.4 is 14.8 Å². The van der Waals surface area contributed by atoms with Crippen LogP contribution in [0.5, 0.6) is 11.5 Å². The number of carbonyl (C=O) groups excluding carboxylic acids is 2. The van der Waals surface area contributed by atoms with Crippen LogP contribution in [0.15, 0.2) is 18.2 Å². The van der Waals surface area contributed by atoms with E-state index in [2.05, 4.69) is 5.32 Å². The van der Waals surface area contributed by atoms with Gasteiger partial charge in [0.05, 0.1) is 18.2 Å². The molecule has 2 atom stereocenters. The predicted molar refractivity (Wildman–Crippen MR) is 101 cm³/mol. The van der Waals surface area contributed by atoms with Crippen molar-refractivity contribution in [2.24, 2.45) is 0 Å². The van der Waals surface area contributed by atoms with Crippen molar-refractivity contribution in [2.75, 3.05) is 39.5 Å². The highest BCUT2D eigenvalue weighted by Crippen LogP contribution is 2.37. The number of fused-ring (bicyclic) bond motifs is 1. The van der Waals surface area contributed by atoms with Crippen LogP contribution in [-0.4, -0.2) is 77.9 Å².